The van der Waals surface area contributed by atoms with Gasteiger partial charge in [0.15, 0.2) is 0 Å². The molecule has 3 rings (SSSR count). The summed E-state index contributed by atoms with van der Waals surface area (Å²) in [4.78, 5) is 57.8. The van der Waals surface area contributed by atoms with Crippen LogP contribution in [0.4, 0.5) is 22.7 Å². The van der Waals surface area contributed by atoms with Crippen LogP contribution in [-0.2, 0) is 38.1 Å². The zero-order valence-electron chi connectivity index (χ0n) is 27.8. The van der Waals surface area contributed by atoms with Crippen LogP contribution in [0.2, 0.25) is 0 Å². The number of benzene rings is 3. The van der Waals surface area contributed by atoms with Crippen molar-refractivity contribution in [1.82, 2.24) is 0 Å². The number of hydrogen-bond acceptors (Lipinski definition) is 12. The SMILES string of the molecule is CC(=O)OCCN(CCOC(C)=O)c1ccc(C=Nc2ccc(N=Cc3ccc(N(CCOC(C)=O)CCOC(C)=O)cc3)cc2)cc1. The highest BCUT2D eigenvalue weighted by atomic mass is 16.5. The van der Waals surface area contributed by atoms with E-state index in [0.29, 0.717) is 26.2 Å². The van der Waals surface area contributed by atoms with Crippen molar-refractivity contribution in [1.29, 1.82) is 0 Å². The lowest BCUT2D eigenvalue weighted by molar-refractivity contribution is -0.142. The van der Waals surface area contributed by atoms with Crippen molar-refractivity contribution in [2.45, 2.75) is 27.7 Å². The molecular formula is C36H42N4O8. The molecule has 0 radical (unpaired) electrons. The summed E-state index contributed by atoms with van der Waals surface area (Å²) in [5, 5.41) is 0. The number of ether oxygens (including phenoxy) is 4. The summed E-state index contributed by atoms with van der Waals surface area (Å²) in [7, 11) is 0. The molecule has 0 atom stereocenters. The molecule has 3 aromatic rings. The summed E-state index contributed by atoms with van der Waals surface area (Å²) in [5.41, 5.74) is 5.16. The third-order valence-corrected chi connectivity index (χ3v) is 6.76. The summed E-state index contributed by atoms with van der Waals surface area (Å²) < 4.78 is 20.3. The van der Waals surface area contributed by atoms with Gasteiger partial charge in [-0.1, -0.05) is 24.3 Å². The van der Waals surface area contributed by atoms with Crippen LogP contribution < -0.4 is 9.80 Å². The van der Waals surface area contributed by atoms with Crippen LogP contribution in [0.1, 0.15) is 38.8 Å². The van der Waals surface area contributed by atoms with Crippen molar-refractivity contribution >= 4 is 59.1 Å². The molecular weight excluding hydrogens is 616 g/mol. The summed E-state index contributed by atoms with van der Waals surface area (Å²) in [5.74, 6) is -1.39. The number of aliphatic imine (C=N–C) groups is 2. The second-order valence-corrected chi connectivity index (χ2v) is 10.6. The Morgan fingerprint density at radius 2 is 0.750 bits per heavy atom. The van der Waals surface area contributed by atoms with Gasteiger partial charge in [-0.2, -0.15) is 0 Å². The van der Waals surface area contributed by atoms with Crippen molar-refractivity contribution in [2.24, 2.45) is 9.98 Å². The van der Waals surface area contributed by atoms with E-state index in [4.69, 9.17) is 18.9 Å². The smallest absolute Gasteiger partial charge is 0.302 e. The van der Waals surface area contributed by atoms with Crippen LogP contribution in [0.5, 0.6) is 0 Å². The van der Waals surface area contributed by atoms with Gasteiger partial charge >= 0.3 is 23.9 Å². The molecule has 0 spiro atoms. The first kappa shape index (κ1) is 36.9. The Labute approximate surface area is 281 Å². The molecule has 48 heavy (non-hydrogen) atoms. The van der Waals surface area contributed by atoms with Crippen molar-refractivity contribution in [3.8, 4) is 0 Å². The fourth-order valence-corrected chi connectivity index (χ4v) is 4.40. The van der Waals surface area contributed by atoms with E-state index in [1.807, 2.05) is 82.6 Å². The van der Waals surface area contributed by atoms with E-state index in [1.165, 1.54) is 27.7 Å². The Kier molecular flexibility index (Phi) is 15.3. The maximum Gasteiger partial charge on any atom is 0.302 e. The van der Waals surface area contributed by atoms with Gasteiger partial charge in [-0.15, -0.1) is 0 Å². The van der Waals surface area contributed by atoms with Crippen LogP contribution >= 0.6 is 0 Å². The van der Waals surface area contributed by atoms with Gasteiger partial charge < -0.3 is 28.7 Å². The number of carbonyl (C=O) groups is 4. The first-order chi connectivity index (χ1) is 23.1. The van der Waals surface area contributed by atoms with Gasteiger partial charge in [0.1, 0.15) is 26.4 Å². The lowest BCUT2D eigenvalue weighted by atomic mass is 10.2. The van der Waals surface area contributed by atoms with E-state index in [1.54, 1.807) is 12.4 Å². The number of carbonyl (C=O) groups excluding carboxylic acids is 4. The van der Waals surface area contributed by atoms with Gasteiger partial charge in [0.2, 0.25) is 0 Å². The second-order valence-electron chi connectivity index (χ2n) is 10.6. The largest absolute Gasteiger partial charge is 0.464 e. The van der Waals surface area contributed by atoms with Crippen LogP contribution in [0.25, 0.3) is 0 Å². The molecule has 0 saturated heterocycles. The average molecular weight is 659 g/mol. The Hall–Kier alpha value is -5.52. The monoisotopic (exact) mass is 658 g/mol. The predicted molar refractivity (Wildman–Crippen MR) is 185 cm³/mol. The zero-order chi connectivity index (χ0) is 34.7. The second kappa shape index (κ2) is 19.9. The van der Waals surface area contributed by atoms with Crippen LogP contribution in [0.3, 0.4) is 0 Å². The zero-order valence-corrected chi connectivity index (χ0v) is 27.8. The van der Waals surface area contributed by atoms with Gasteiger partial charge in [-0.05, 0) is 59.7 Å². The normalized spacial score (nSPS) is 10.9. The molecule has 0 saturated carbocycles. The number of rotatable bonds is 18. The molecule has 0 aromatic heterocycles. The number of hydrogen-bond donors (Lipinski definition) is 0. The Bertz CT molecular complexity index is 1380. The molecule has 3 aromatic carbocycles. The summed E-state index contributed by atoms with van der Waals surface area (Å²) in [6.07, 6.45) is 3.54. The molecule has 0 amide bonds. The highest BCUT2D eigenvalue weighted by molar-refractivity contribution is 5.84. The summed E-state index contributed by atoms with van der Waals surface area (Å²) in [6.45, 7) is 8.22. The van der Waals surface area contributed by atoms with Crippen LogP contribution in [0, 0.1) is 0 Å². The molecule has 0 aliphatic heterocycles. The van der Waals surface area contributed by atoms with Crippen LogP contribution in [-0.4, -0.2) is 88.9 Å². The lowest BCUT2D eigenvalue weighted by Gasteiger charge is -2.24. The minimum atomic E-state index is -0.347. The van der Waals surface area contributed by atoms with E-state index >= 15 is 0 Å². The van der Waals surface area contributed by atoms with Gasteiger partial charge in [0, 0.05) is 51.5 Å². The molecule has 0 fully saturated rings. The van der Waals surface area contributed by atoms with E-state index in [-0.39, 0.29) is 50.3 Å². The molecule has 12 heteroatoms. The highest BCUT2D eigenvalue weighted by Gasteiger charge is 2.10. The fourth-order valence-electron chi connectivity index (χ4n) is 4.40. The van der Waals surface area contributed by atoms with Gasteiger partial charge in [0.05, 0.1) is 37.6 Å². The topological polar surface area (TPSA) is 136 Å². The standard InChI is InChI=1S/C36H42N4O8/c1-27(41)45-21-17-39(18-22-46-28(2)42)35-13-5-31(6-14-35)25-37-33-9-11-34(12-10-33)38-26-32-7-15-36(16-8-32)40(19-23-47-29(3)43)20-24-48-30(4)44/h5-16,25-26H,17-24H2,1-4H3. The van der Waals surface area contributed by atoms with E-state index in [9.17, 15) is 19.2 Å². The van der Waals surface area contributed by atoms with Crippen LogP contribution in [0.15, 0.2) is 82.8 Å². The summed E-state index contributed by atoms with van der Waals surface area (Å²) >= 11 is 0. The fraction of sp³-hybridized carbons (Fsp3) is 0.333. The Morgan fingerprint density at radius 1 is 0.479 bits per heavy atom. The van der Waals surface area contributed by atoms with Gasteiger partial charge in [-0.3, -0.25) is 29.2 Å². The number of nitrogens with zero attached hydrogens (tertiary/aromatic N) is 4. The lowest BCUT2D eigenvalue weighted by Crippen LogP contribution is -2.31. The number of esters is 4. The summed E-state index contributed by atoms with van der Waals surface area (Å²) in [6, 6.07) is 23.1. The van der Waals surface area contributed by atoms with Gasteiger partial charge in [0.25, 0.3) is 0 Å². The maximum atomic E-state index is 11.2. The first-order valence-electron chi connectivity index (χ1n) is 15.5. The van der Waals surface area contributed by atoms with Gasteiger partial charge in [-0.25, -0.2) is 0 Å². The third kappa shape index (κ3) is 14.3. The Morgan fingerprint density at radius 3 is 1.00 bits per heavy atom. The van der Waals surface area contributed by atoms with E-state index in [0.717, 1.165) is 33.9 Å². The maximum absolute atomic E-state index is 11.2. The predicted octanol–water partition coefficient (Wildman–Crippen LogP) is 5.05. The minimum absolute atomic E-state index is 0.226. The Balaban J connectivity index is 1.57. The van der Waals surface area contributed by atoms with E-state index in [2.05, 4.69) is 9.98 Å². The molecule has 254 valence electrons. The van der Waals surface area contributed by atoms with Crippen molar-refractivity contribution < 1.29 is 38.1 Å². The molecule has 0 aliphatic rings. The molecule has 0 bridgehead atoms. The molecule has 0 aliphatic carbocycles. The van der Waals surface area contributed by atoms with E-state index < -0.39 is 0 Å². The van der Waals surface area contributed by atoms with Crippen molar-refractivity contribution in [2.75, 3.05) is 62.4 Å². The molecule has 0 heterocycles. The molecule has 0 unspecified atom stereocenters. The molecule has 12 nitrogen and oxygen atoms in total. The first-order valence-corrected chi connectivity index (χ1v) is 15.5. The third-order valence-electron chi connectivity index (χ3n) is 6.76. The highest BCUT2D eigenvalue weighted by Crippen LogP contribution is 2.20. The molecule has 0 N–H and O–H groups in total. The number of anilines is 2. The quantitative estimate of drug-likeness (QED) is 0.104. The van der Waals surface area contributed by atoms with Crippen molar-refractivity contribution in [3.05, 3.63) is 83.9 Å². The minimum Gasteiger partial charge on any atom is -0.464 e. The van der Waals surface area contributed by atoms with Crippen molar-refractivity contribution in [3.63, 3.8) is 0 Å². The average Bonchev–Trinajstić information content (AvgIpc) is 3.05.